The predicted octanol–water partition coefficient (Wildman–Crippen LogP) is 2.63. The van der Waals surface area contributed by atoms with Gasteiger partial charge in [-0.3, -0.25) is 0 Å². The topological polar surface area (TPSA) is 120 Å². The van der Waals surface area contributed by atoms with Crippen LogP contribution in [0, 0.1) is 11.3 Å². The summed E-state index contributed by atoms with van der Waals surface area (Å²) >= 11 is 6.28. The molecule has 4 N–H and O–H groups in total. The average Bonchev–Trinajstić information content (AvgIpc) is 2.52. The van der Waals surface area contributed by atoms with Crippen LogP contribution in [0.4, 0.5) is 11.8 Å². The number of nitriles is 1. The summed E-state index contributed by atoms with van der Waals surface area (Å²) in [7, 11) is 1.50. The van der Waals surface area contributed by atoms with E-state index in [0.29, 0.717) is 34.4 Å². The van der Waals surface area contributed by atoms with Gasteiger partial charge >= 0.3 is 0 Å². The molecule has 0 bridgehead atoms. The second-order valence-electron chi connectivity index (χ2n) is 4.64. The third-order valence-corrected chi connectivity index (χ3v) is 3.30. The second-order valence-corrected chi connectivity index (χ2v) is 5.05. The van der Waals surface area contributed by atoms with Gasteiger partial charge in [-0.05, 0) is 18.6 Å². The molecule has 0 spiro atoms. The van der Waals surface area contributed by atoms with Crippen LogP contribution in [0.15, 0.2) is 12.1 Å². The highest BCUT2D eigenvalue weighted by molar-refractivity contribution is 6.32. The molecular formula is C15H16ClN5O2. The van der Waals surface area contributed by atoms with Crippen LogP contribution >= 0.6 is 11.6 Å². The van der Waals surface area contributed by atoms with Gasteiger partial charge in [-0.15, -0.1) is 0 Å². The van der Waals surface area contributed by atoms with E-state index in [4.69, 9.17) is 32.5 Å². The van der Waals surface area contributed by atoms with Crippen molar-refractivity contribution in [3.8, 4) is 28.8 Å². The number of nitrogens with zero attached hydrogens (tertiary/aromatic N) is 3. The molecule has 120 valence electrons. The molecule has 1 heterocycles. The lowest BCUT2D eigenvalue weighted by Crippen LogP contribution is -2.05. The molecule has 0 fully saturated rings. The minimum absolute atomic E-state index is 0.0106. The number of ether oxygens (including phenoxy) is 2. The van der Waals surface area contributed by atoms with E-state index in [1.165, 1.54) is 7.11 Å². The molecule has 7 nitrogen and oxygen atoms in total. The van der Waals surface area contributed by atoms with Crippen molar-refractivity contribution in [2.75, 3.05) is 25.2 Å². The van der Waals surface area contributed by atoms with Crippen molar-refractivity contribution >= 4 is 23.4 Å². The molecule has 0 amide bonds. The zero-order chi connectivity index (χ0) is 17.0. The summed E-state index contributed by atoms with van der Waals surface area (Å²) in [5.74, 6) is 0.850. The summed E-state index contributed by atoms with van der Waals surface area (Å²) in [4.78, 5) is 7.88. The van der Waals surface area contributed by atoms with E-state index in [0.717, 1.165) is 6.42 Å². The maximum absolute atomic E-state index is 9.28. The SMILES string of the molecule is CCCOc1c(Cl)cc(-c2nc(N)nc(N)c2C#N)cc1OC. The molecule has 0 saturated carbocycles. The van der Waals surface area contributed by atoms with Crippen LogP contribution in [-0.4, -0.2) is 23.7 Å². The number of hydrogen-bond donors (Lipinski definition) is 2. The molecule has 0 aliphatic heterocycles. The Bertz CT molecular complexity index is 773. The number of rotatable bonds is 5. The largest absolute Gasteiger partial charge is 0.493 e. The molecule has 1 aromatic heterocycles. The fraction of sp³-hybridized carbons (Fsp3) is 0.267. The third kappa shape index (κ3) is 3.38. The molecular weight excluding hydrogens is 318 g/mol. The van der Waals surface area contributed by atoms with Crippen LogP contribution in [-0.2, 0) is 0 Å². The quantitative estimate of drug-likeness (QED) is 0.862. The van der Waals surface area contributed by atoms with Crippen molar-refractivity contribution < 1.29 is 9.47 Å². The Labute approximate surface area is 138 Å². The average molecular weight is 334 g/mol. The maximum Gasteiger partial charge on any atom is 0.222 e. The van der Waals surface area contributed by atoms with Gasteiger partial charge in [0.25, 0.3) is 0 Å². The summed E-state index contributed by atoms with van der Waals surface area (Å²) < 4.78 is 10.9. The number of aromatic nitrogens is 2. The van der Waals surface area contributed by atoms with Crippen molar-refractivity contribution in [1.29, 1.82) is 5.26 Å². The fourth-order valence-electron chi connectivity index (χ4n) is 2.02. The monoisotopic (exact) mass is 333 g/mol. The van der Waals surface area contributed by atoms with E-state index in [-0.39, 0.29) is 17.3 Å². The Morgan fingerprint density at radius 1 is 1.30 bits per heavy atom. The molecule has 2 rings (SSSR count). The molecule has 0 aliphatic rings. The van der Waals surface area contributed by atoms with Gasteiger partial charge in [0.05, 0.1) is 24.4 Å². The van der Waals surface area contributed by atoms with E-state index < -0.39 is 0 Å². The zero-order valence-electron chi connectivity index (χ0n) is 12.8. The normalized spacial score (nSPS) is 10.2. The van der Waals surface area contributed by atoms with Gasteiger partial charge in [0.2, 0.25) is 5.95 Å². The Morgan fingerprint density at radius 3 is 2.65 bits per heavy atom. The van der Waals surface area contributed by atoms with Gasteiger partial charge in [0.1, 0.15) is 17.5 Å². The molecule has 1 aromatic carbocycles. The highest BCUT2D eigenvalue weighted by Gasteiger charge is 2.18. The minimum atomic E-state index is -0.0297. The van der Waals surface area contributed by atoms with Crippen molar-refractivity contribution in [3.05, 3.63) is 22.7 Å². The van der Waals surface area contributed by atoms with E-state index in [9.17, 15) is 5.26 Å². The maximum atomic E-state index is 9.28. The highest BCUT2D eigenvalue weighted by Crippen LogP contribution is 2.40. The Kier molecular flexibility index (Phi) is 5.09. The summed E-state index contributed by atoms with van der Waals surface area (Å²) in [6.45, 7) is 2.49. The first-order valence-electron chi connectivity index (χ1n) is 6.85. The number of methoxy groups -OCH3 is 1. The Hall–Kier alpha value is -2.72. The summed E-state index contributed by atoms with van der Waals surface area (Å²) in [5.41, 5.74) is 12.3. The fourth-order valence-corrected chi connectivity index (χ4v) is 2.28. The first-order chi connectivity index (χ1) is 11.0. The first kappa shape index (κ1) is 16.6. The molecule has 0 aliphatic carbocycles. The van der Waals surface area contributed by atoms with Crippen molar-refractivity contribution in [3.63, 3.8) is 0 Å². The van der Waals surface area contributed by atoms with Crippen LogP contribution in [0.3, 0.4) is 0 Å². The third-order valence-electron chi connectivity index (χ3n) is 3.02. The molecule has 23 heavy (non-hydrogen) atoms. The predicted molar refractivity (Wildman–Crippen MR) is 88.4 cm³/mol. The Morgan fingerprint density at radius 2 is 2.04 bits per heavy atom. The summed E-state index contributed by atoms with van der Waals surface area (Å²) in [6, 6.07) is 5.26. The van der Waals surface area contributed by atoms with Gasteiger partial charge in [-0.2, -0.15) is 10.2 Å². The summed E-state index contributed by atoms with van der Waals surface area (Å²) in [5, 5.41) is 9.62. The number of hydrogen-bond acceptors (Lipinski definition) is 7. The van der Waals surface area contributed by atoms with Crippen LogP contribution in [0.1, 0.15) is 18.9 Å². The molecule has 0 unspecified atom stereocenters. The van der Waals surface area contributed by atoms with Crippen LogP contribution in [0.5, 0.6) is 11.5 Å². The number of halogens is 1. The van der Waals surface area contributed by atoms with Gasteiger partial charge in [0.15, 0.2) is 11.5 Å². The lowest BCUT2D eigenvalue weighted by Gasteiger charge is -2.14. The molecule has 0 radical (unpaired) electrons. The first-order valence-corrected chi connectivity index (χ1v) is 7.23. The number of nitrogens with two attached hydrogens (primary N) is 2. The number of benzene rings is 1. The van der Waals surface area contributed by atoms with Crippen molar-refractivity contribution in [2.45, 2.75) is 13.3 Å². The molecule has 0 saturated heterocycles. The van der Waals surface area contributed by atoms with Crippen molar-refractivity contribution in [1.82, 2.24) is 9.97 Å². The lowest BCUT2D eigenvalue weighted by atomic mass is 10.1. The molecule has 2 aromatic rings. The van der Waals surface area contributed by atoms with Crippen molar-refractivity contribution in [2.24, 2.45) is 0 Å². The van der Waals surface area contributed by atoms with Crippen LogP contribution in [0.2, 0.25) is 5.02 Å². The van der Waals surface area contributed by atoms with E-state index >= 15 is 0 Å². The zero-order valence-corrected chi connectivity index (χ0v) is 13.5. The summed E-state index contributed by atoms with van der Waals surface area (Å²) in [6.07, 6.45) is 0.832. The molecule has 0 atom stereocenters. The smallest absolute Gasteiger partial charge is 0.222 e. The second kappa shape index (κ2) is 7.03. The Balaban J connectivity index is 2.62. The van der Waals surface area contributed by atoms with Crippen LogP contribution in [0.25, 0.3) is 11.3 Å². The van der Waals surface area contributed by atoms with Gasteiger partial charge in [-0.25, -0.2) is 4.98 Å². The highest BCUT2D eigenvalue weighted by atomic mass is 35.5. The van der Waals surface area contributed by atoms with Gasteiger partial charge in [-0.1, -0.05) is 18.5 Å². The van der Waals surface area contributed by atoms with E-state index in [2.05, 4.69) is 9.97 Å². The molecule has 8 heteroatoms. The van der Waals surface area contributed by atoms with Gasteiger partial charge < -0.3 is 20.9 Å². The lowest BCUT2D eigenvalue weighted by molar-refractivity contribution is 0.294. The standard InChI is InChI=1S/C15H16ClN5O2/c1-3-4-23-13-10(16)5-8(6-11(13)22-2)12-9(7-17)14(18)21-15(19)20-12/h5-6H,3-4H2,1-2H3,(H4,18,19,20,21). The minimum Gasteiger partial charge on any atom is -0.493 e. The van der Waals surface area contributed by atoms with Gasteiger partial charge in [0, 0.05) is 5.56 Å². The number of nitrogen functional groups attached to an aromatic ring is 2. The van der Waals surface area contributed by atoms with E-state index in [1.807, 2.05) is 13.0 Å². The number of anilines is 2. The van der Waals surface area contributed by atoms with Crippen LogP contribution < -0.4 is 20.9 Å². The van der Waals surface area contributed by atoms with E-state index in [1.54, 1.807) is 12.1 Å².